The maximum absolute atomic E-state index is 5.77. The van der Waals surface area contributed by atoms with Crippen LogP contribution >= 0.6 is 0 Å². The minimum atomic E-state index is 0.623. The molecule has 1 aromatic carbocycles. The van der Waals surface area contributed by atoms with Crippen molar-refractivity contribution in [3.05, 3.63) is 30.0 Å². The van der Waals surface area contributed by atoms with Crippen molar-refractivity contribution in [2.24, 2.45) is 0 Å². The Morgan fingerprint density at radius 1 is 1.38 bits per heavy atom. The van der Waals surface area contributed by atoms with E-state index in [0.29, 0.717) is 5.92 Å². The van der Waals surface area contributed by atoms with Crippen LogP contribution in [0, 0.1) is 0 Å². The van der Waals surface area contributed by atoms with Gasteiger partial charge in [-0.25, -0.2) is 0 Å². The summed E-state index contributed by atoms with van der Waals surface area (Å²) in [6.07, 6.45) is 5.95. The monoisotopic (exact) mass is 216 g/mol. The number of nitrogens with two attached hydrogens (primary N) is 1. The molecular formula is C14H20N2. The molecule has 1 atom stereocenters. The van der Waals surface area contributed by atoms with Gasteiger partial charge in [0.2, 0.25) is 0 Å². The molecule has 0 aliphatic carbocycles. The van der Waals surface area contributed by atoms with Crippen LogP contribution in [0.5, 0.6) is 0 Å². The lowest BCUT2D eigenvalue weighted by atomic mass is 9.95. The molecule has 1 aromatic heterocycles. The fourth-order valence-electron chi connectivity index (χ4n) is 2.24. The van der Waals surface area contributed by atoms with Crippen molar-refractivity contribution in [1.82, 2.24) is 4.98 Å². The zero-order chi connectivity index (χ0) is 11.5. The van der Waals surface area contributed by atoms with E-state index in [1.54, 1.807) is 0 Å². The van der Waals surface area contributed by atoms with Gasteiger partial charge in [-0.15, -0.1) is 0 Å². The van der Waals surface area contributed by atoms with Gasteiger partial charge >= 0.3 is 0 Å². The molecule has 1 unspecified atom stereocenters. The molecule has 0 spiro atoms. The lowest BCUT2D eigenvalue weighted by Crippen LogP contribution is -1.92. The highest BCUT2D eigenvalue weighted by Crippen LogP contribution is 2.29. The first-order valence-corrected chi connectivity index (χ1v) is 6.09. The van der Waals surface area contributed by atoms with Gasteiger partial charge in [0.15, 0.2) is 0 Å². The van der Waals surface area contributed by atoms with Crippen molar-refractivity contribution >= 4 is 16.6 Å². The lowest BCUT2D eigenvalue weighted by molar-refractivity contribution is 0.627. The number of anilines is 1. The molecule has 0 radical (unpaired) electrons. The molecule has 2 heteroatoms. The predicted octanol–water partition coefficient (Wildman–Crippen LogP) is 4.04. The summed E-state index contributed by atoms with van der Waals surface area (Å²) in [4.78, 5) is 3.31. The first-order valence-electron chi connectivity index (χ1n) is 6.09. The first kappa shape index (κ1) is 11.1. The van der Waals surface area contributed by atoms with Crippen molar-refractivity contribution < 1.29 is 0 Å². The van der Waals surface area contributed by atoms with Crippen molar-refractivity contribution in [3.8, 4) is 0 Å². The molecule has 0 aliphatic rings. The van der Waals surface area contributed by atoms with Gasteiger partial charge in [0.25, 0.3) is 0 Å². The van der Waals surface area contributed by atoms with Crippen molar-refractivity contribution in [2.75, 3.05) is 5.73 Å². The van der Waals surface area contributed by atoms with Crippen LogP contribution in [-0.2, 0) is 0 Å². The summed E-state index contributed by atoms with van der Waals surface area (Å²) in [5, 5.41) is 1.32. The first-order chi connectivity index (χ1) is 7.72. The molecule has 2 aromatic rings. The van der Waals surface area contributed by atoms with Gasteiger partial charge in [0.1, 0.15) is 0 Å². The van der Waals surface area contributed by atoms with Crippen LogP contribution in [-0.4, -0.2) is 4.98 Å². The fraction of sp³-hybridized carbons (Fsp3) is 0.429. The highest BCUT2D eigenvalue weighted by Gasteiger charge is 2.10. The highest BCUT2D eigenvalue weighted by atomic mass is 14.7. The third-order valence-electron chi connectivity index (χ3n) is 3.26. The molecule has 0 saturated carbocycles. The molecule has 0 saturated heterocycles. The molecule has 86 valence electrons. The number of H-pyrrole nitrogens is 1. The third kappa shape index (κ3) is 2.06. The number of benzene rings is 1. The lowest BCUT2D eigenvalue weighted by Gasteiger charge is -2.09. The van der Waals surface area contributed by atoms with Gasteiger partial charge in [-0.3, -0.25) is 0 Å². The summed E-state index contributed by atoms with van der Waals surface area (Å²) < 4.78 is 0. The zero-order valence-corrected chi connectivity index (χ0v) is 10.1. The Bertz CT molecular complexity index is 471. The van der Waals surface area contributed by atoms with E-state index in [1.807, 2.05) is 12.1 Å². The van der Waals surface area contributed by atoms with Crippen LogP contribution in [0.1, 0.15) is 44.6 Å². The molecule has 0 amide bonds. The second kappa shape index (κ2) is 4.60. The summed E-state index contributed by atoms with van der Waals surface area (Å²) >= 11 is 0. The number of hydrogen-bond acceptors (Lipinski definition) is 1. The standard InChI is InChI=1S/C14H20N2/c1-3-4-5-10(2)13-9-16-14-8-11(15)6-7-12(13)14/h6-10,16H,3-5,15H2,1-2H3. The summed E-state index contributed by atoms with van der Waals surface area (Å²) in [5.41, 5.74) is 9.16. The predicted molar refractivity (Wildman–Crippen MR) is 70.7 cm³/mol. The Labute approximate surface area is 96.9 Å². The highest BCUT2D eigenvalue weighted by molar-refractivity contribution is 5.86. The topological polar surface area (TPSA) is 41.8 Å². The average Bonchev–Trinajstić information content (AvgIpc) is 2.68. The molecule has 0 fully saturated rings. The number of hydrogen-bond donors (Lipinski definition) is 2. The van der Waals surface area contributed by atoms with Gasteiger partial charge in [0, 0.05) is 22.8 Å². The SMILES string of the molecule is CCCCC(C)c1c[nH]c2cc(N)ccc12. The smallest absolute Gasteiger partial charge is 0.0477 e. The number of aromatic nitrogens is 1. The number of fused-ring (bicyclic) bond motifs is 1. The molecule has 1 heterocycles. The van der Waals surface area contributed by atoms with Gasteiger partial charge in [-0.05, 0) is 30.0 Å². The van der Waals surface area contributed by atoms with Gasteiger partial charge < -0.3 is 10.7 Å². The van der Waals surface area contributed by atoms with Crippen molar-refractivity contribution in [2.45, 2.75) is 39.0 Å². The Balaban J connectivity index is 2.31. The Morgan fingerprint density at radius 2 is 2.19 bits per heavy atom. The van der Waals surface area contributed by atoms with Crippen LogP contribution < -0.4 is 5.73 Å². The summed E-state index contributed by atoms with van der Waals surface area (Å²) in [7, 11) is 0. The fourth-order valence-corrected chi connectivity index (χ4v) is 2.24. The maximum Gasteiger partial charge on any atom is 0.0477 e. The maximum atomic E-state index is 5.77. The minimum Gasteiger partial charge on any atom is -0.399 e. The second-order valence-electron chi connectivity index (χ2n) is 4.59. The van der Waals surface area contributed by atoms with E-state index >= 15 is 0 Å². The zero-order valence-electron chi connectivity index (χ0n) is 10.1. The van der Waals surface area contributed by atoms with Crippen LogP contribution in [0.3, 0.4) is 0 Å². The van der Waals surface area contributed by atoms with Crippen molar-refractivity contribution in [3.63, 3.8) is 0 Å². The van der Waals surface area contributed by atoms with Gasteiger partial charge in [0.05, 0.1) is 0 Å². The largest absolute Gasteiger partial charge is 0.399 e. The molecule has 3 N–H and O–H groups in total. The van der Waals surface area contributed by atoms with Crippen LogP contribution in [0.2, 0.25) is 0 Å². The van der Waals surface area contributed by atoms with E-state index in [1.165, 1.54) is 30.2 Å². The quantitative estimate of drug-likeness (QED) is 0.744. The summed E-state index contributed by atoms with van der Waals surface area (Å²) in [6, 6.07) is 6.11. The van der Waals surface area contributed by atoms with Crippen LogP contribution in [0.4, 0.5) is 5.69 Å². The number of rotatable bonds is 4. The molecule has 0 bridgehead atoms. The van der Waals surface area contributed by atoms with E-state index in [0.717, 1.165) is 11.2 Å². The van der Waals surface area contributed by atoms with Gasteiger partial charge in [-0.1, -0.05) is 32.8 Å². The molecular weight excluding hydrogens is 196 g/mol. The Morgan fingerprint density at radius 3 is 2.94 bits per heavy atom. The van der Waals surface area contributed by atoms with Crippen LogP contribution in [0.15, 0.2) is 24.4 Å². The van der Waals surface area contributed by atoms with E-state index < -0.39 is 0 Å². The van der Waals surface area contributed by atoms with Gasteiger partial charge in [-0.2, -0.15) is 0 Å². The second-order valence-corrected chi connectivity index (χ2v) is 4.59. The van der Waals surface area contributed by atoms with Crippen molar-refractivity contribution in [1.29, 1.82) is 0 Å². The normalized spacial score (nSPS) is 13.1. The Kier molecular flexibility index (Phi) is 3.18. The number of nitrogens with one attached hydrogen (secondary N) is 1. The minimum absolute atomic E-state index is 0.623. The number of aromatic amines is 1. The molecule has 2 nitrogen and oxygen atoms in total. The van der Waals surface area contributed by atoms with E-state index in [-0.39, 0.29) is 0 Å². The van der Waals surface area contributed by atoms with E-state index in [9.17, 15) is 0 Å². The van der Waals surface area contributed by atoms with Crippen LogP contribution in [0.25, 0.3) is 10.9 Å². The number of unbranched alkanes of at least 4 members (excludes halogenated alkanes) is 1. The average molecular weight is 216 g/mol. The Hall–Kier alpha value is -1.44. The van der Waals surface area contributed by atoms with E-state index in [2.05, 4.69) is 31.1 Å². The molecule has 2 rings (SSSR count). The third-order valence-corrected chi connectivity index (χ3v) is 3.26. The molecule has 16 heavy (non-hydrogen) atoms. The summed E-state index contributed by atoms with van der Waals surface area (Å²) in [5.74, 6) is 0.623. The molecule has 0 aliphatic heterocycles. The van der Waals surface area contributed by atoms with E-state index in [4.69, 9.17) is 5.73 Å². The number of nitrogen functional groups attached to an aromatic ring is 1. The summed E-state index contributed by atoms with van der Waals surface area (Å²) in [6.45, 7) is 4.54.